The monoisotopic (exact) mass is 298 g/mol. The van der Waals surface area contributed by atoms with Crippen molar-refractivity contribution >= 4 is 15.9 Å². The summed E-state index contributed by atoms with van der Waals surface area (Å²) in [6.07, 6.45) is 3.03. The molecule has 5 heteroatoms. The zero-order valence-electron chi connectivity index (χ0n) is 9.27. The summed E-state index contributed by atoms with van der Waals surface area (Å²) >= 11 is 3.28. The van der Waals surface area contributed by atoms with E-state index in [0.29, 0.717) is 10.9 Å². The van der Waals surface area contributed by atoms with E-state index in [0.717, 1.165) is 11.3 Å². The number of imidazole rings is 1. The van der Waals surface area contributed by atoms with Crippen molar-refractivity contribution in [2.24, 2.45) is 7.05 Å². The van der Waals surface area contributed by atoms with Crippen molar-refractivity contribution in [2.45, 2.75) is 12.5 Å². The topological polar surface area (TPSA) is 38.0 Å². The summed E-state index contributed by atoms with van der Waals surface area (Å²) in [5.74, 6) is -0.296. The Hall–Kier alpha value is -1.20. The van der Waals surface area contributed by atoms with E-state index in [4.69, 9.17) is 0 Å². The smallest absolute Gasteiger partial charge is 0.124 e. The van der Waals surface area contributed by atoms with E-state index in [9.17, 15) is 9.50 Å². The molecule has 0 spiro atoms. The molecule has 0 aliphatic rings. The highest BCUT2D eigenvalue weighted by Gasteiger charge is 2.13. The fourth-order valence-corrected chi connectivity index (χ4v) is 2.20. The zero-order valence-corrected chi connectivity index (χ0v) is 10.9. The highest BCUT2D eigenvalue weighted by atomic mass is 79.9. The quantitative estimate of drug-likeness (QED) is 0.946. The third-order valence-electron chi connectivity index (χ3n) is 2.62. The predicted octanol–water partition coefficient (Wildman–Crippen LogP) is 2.60. The van der Waals surface area contributed by atoms with Gasteiger partial charge in [-0.25, -0.2) is 9.37 Å². The molecule has 1 aromatic heterocycles. The molecular weight excluding hydrogens is 287 g/mol. The Morgan fingerprint density at radius 2 is 2.29 bits per heavy atom. The number of benzene rings is 1. The molecule has 3 nitrogen and oxygen atoms in total. The highest BCUT2D eigenvalue weighted by molar-refractivity contribution is 9.10. The van der Waals surface area contributed by atoms with E-state index < -0.39 is 6.10 Å². The van der Waals surface area contributed by atoms with Gasteiger partial charge in [-0.1, -0.05) is 22.0 Å². The molecule has 0 amide bonds. The third-order valence-corrected chi connectivity index (χ3v) is 3.36. The largest absolute Gasteiger partial charge is 0.386 e. The Balaban J connectivity index is 2.19. The summed E-state index contributed by atoms with van der Waals surface area (Å²) in [4.78, 5) is 3.95. The second-order valence-corrected chi connectivity index (χ2v) is 4.74. The van der Waals surface area contributed by atoms with Crippen molar-refractivity contribution in [2.75, 3.05) is 0 Å². The van der Waals surface area contributed by atoms with Gasteiger partial charge in [-0.3, -0.25) is 0 Å². The fourth-order valence-electron chi connectivity index (χ4n) is 1.69. The van der Waals surface area contributed by atoms with Gasteiger partial charge >= 0.3 is 0 Å². The van der Waals surface area contributed by atoms with Crippen LogP contribution in [0, 0.1) is 5.82 Å². The molecule has 2 rings (SSSR count). The Labute approximate surface area is 107 Å². The maximum absolute atomic E-state index is 12.9. The minimum Gasteiger partial charge on any atom is -0.386 e. The van der Waals surface area contributed by atoms with Crippen LogP contribution in [0.3, 0.4) is 0 Å². The van der Waals surface area contributed by atoms with Gasteiger partial charge in [-0.15, -0.1) is 0 Å². The zero-order chi connectivity index (χ0) is 12.4. The molecule has 1 aromatic carbocycles. The van der Waals surface area contributed by atoms with E-state index in [1.54, 1.807) is 23.2 Å². The second kappa shape index (κ2) is 4.98. The molecule has 0 radical (unpaired) electrons. The van der Waals surface area contributed by atoms with Gasteiger partial charge in [0.2, 0.25) is 0 Å². The minimum atomic E-state index is -0.649. The first kappa shape index (κ1) is 12.3. The Bertz CT molecular complexity index is 527. The average Bonchev–Trinajstić information content (AvgIpc) is 2.68. The number of aryl methyl sites for hydroxylation is 1. The lowest BCUT2D eigenvalue weighted by molar-refractivity contribution is 0.170. The summed E-state index contributed by atoms with van der Waals surface area (Å²) in [7, 11) is 1.82. The van der Waals surface area contributed by atoms with Crippen molar-refractivity contribution in [3.8, 4) is 0 Å². The van der Waals surface area contributed by atoms with Gasteiger partial charge < -0.3 is 9.67 Å². The maximum atomic E-state index is 12.9. The van der Waals surface area contributed by atoms with E-state index in [1.807, 2.05) is 7.05 Å². The molecule has 0 saturated carbocycles. The van der Waals surface area contributed by atoms with Gasteiger partial charge in [0.25, 0.3) is 0 Å². The van der Waals surface area contributed by atoms with Crippen LogP contribution in [0.2, 0.25) is 0 Å². The van der Waals surface area contributed by atoms with Crippen LogP contribution in [0.15, 0.2) is 35.2 Å². The maximum Gasteiger partial charge on any atom is 0.124 e. The molecule has 0 aliphatic carbocycles. The van der Waals surface area contributed by atoms with Crippen molar-refractivity contribution in [1.29, 1.82) is 0 Å². The van der Waals surface area contributed by atoms with Crippen molar-refractivity contribution in [3.63, 3.8) is 0 Å². The fraction of sp³-hybridized carbons (Fsp3) is 0.250. The summed E-state index contributed by atoms with van der Waals surface area (Å²) < 4.78 is 15.3. The van der Waals surface area contributed by atoms with Gasteiger partial charge in [0.05, 0.1) is 24.3 Å². The van der Waals surface area contributed by atoms with Crippen molar-refractivity contribution in [3.05, 3.63) is 52.3 Å². The van der Waals surface area contributed by atoms with Crippen LogP contribution in [0.25, 0.3) is 0 Å². The van der Waals surface area contributed by atoms with Gasteiger partial charge in [0.15, 0.2) is 0 Å². The number of aliphatic hydroxyl groups is 1. The Morgan fingerprint density at radius 3 is 2.88 bits per heavy atom. The van der Waals surface area contributed by atoms with E-state index in [1.165, 1.54) is 12.1 Å². The summed E-state index contributed by atoms with van der Waals surface area (Å²) in [6.45, 7) is 0. The first-order chi connectivity index (χ1) is 8.08. The molecule has 2 aromatic rings. The Kier molecular flexibility index (Phi) is 3.59. The predicted molar refractivity (Wildman–Crippen MR) is 66.0 cm³/mol. The van der Waals surface area contributed by atoms with Crippen LogP contribution < -0.4 is 0 Å². The van der Waals surface area contributed by atoms with E-state index in [-0.39, 0.29) is 5.82 Å². The molecule has 1 unspecified atom stereocenters. The molecule has 1 N–H and O–H groups in total. The standard InChI is InChI=1S/C12H12BrFN2O/c1-16-7-15-6-11(16)12(17)4-8-2-3-9(14)5-10(8)13/h2-3,5-7,12,17H,4H2,1H3. The molecule has 17 heavy (non-hydrogen) atoms. The lowest BCUT2D eigenvalue weighted by Crippen LogP contribution is -2.07. The first-order valence-corrected chi connectivity index (χ1v) is 5.95. The van der Waals surface area contributed by atoms with Crippen molar-refractivity contribution < 1.29 is 9.50 Å². The number of hydrogen-bond donors (Lipinski definition) is 1. The molecule has 0 saturated heterocycles. The first-order valence-electron chi connectivity index (χ1n) is 5.16. The summed E-state index contributed by atoms with van der Waals surface area (Å²) in [5, 5.41) is 10.1. The van der Waals surface area contributed by atoms with Crippen LogP contribution >= 0.6 is 15.9 Å². The van der Waals surface area contributed by atoms with Crippen LogP contribution in [-0.2, 0) is 13.5 Å². The van der Waals surface area contributed by atoms with Gasteiger partial charge in [-0.05, 0) is 17.7 Å². The molecule has 1 heterocycles. The molecular formula is C12H12BrFN2O. The van der Waals surface area contributed by atoms with Crippen LogP contribution in [0.5, 0.6) is 0 Å². The number of aliphatic hydroxyl groups excluding tert-OH is 1. The molecule has 90 valence electrons. The average molecular weight is 299 g/mol. The van der Waals surface area contributed by atoms with Gasteiger partial charge in [0.1, 0.15) is 5.82 Å². The number of rotatable bonds is 3. The van der Waals surface area contributed by atoms with Crippen LogP contribution in [-0.4, -0.2) is 14.7 Å². The molecule has 1 atom stereocenters. The lowest BCUT2D eigenvalue weighted by atomic mass is 10.1. The van der Waals surface area contributed by atoms with Crippen molar-refractivity contribution in [1.82, 2.24) is 9.55 Å². The third kappa shape index (κ3) is 2.73. The van der Waals surface area contributed by atoms with E-state index >= 15 is 0 Å². The van der Waals surface area contributed by atoms with Crippen LogP contribution in [0.1, 0.15) is 17.4 Å². The SMILES string of the molecule is Cn1cncc1C(O)Cc1ccc(F)cc1Br. The Morgan fingerprint density at radius 1 is 1.53 bits per heavy atom. The summed E-state index contributed by atoms with van der Waals surface area (Å²) in [5.41, 5.74) is 1.60. The molecule has 0 fully saturated rings. The number of hydrogen-bond acceptors (Lipinski definition) is 2. The highest BCUT2D eigenvalue weighted by Crippen LogP contribution is 2.24. The molecule has 0 bridgehead atoms. The lowest BCUT2D eigenvalue weighted by Gasteiger charge is -2.12. The second-order valence-electron chi connectivity index (χ2n) is 3.89. The number of aromatic nitrogens is 2. The van der Waals surface area contributed by atoms with Crippen LogP contribution in [0.4, 0.5) is 4.39 Å². The molecule has 0 aliphatic heterocycles. The summed E-state index contributed by atoms with van der Waals surface area (Å²) in [6, 6.07) is 4.44. The minimum absolute atomic E-state index is 0.296. The van der Waals surface area contributed by atoms with Gasteiger partial charge in [0, 0.05) is 17.9 Å². The van der Waals surface area contributed by atoms with Gasteiger partial charge in [-0.2, -0.15) is 0 Å². The van der Waals surface area contributed by atoms with E-state index in [2.05, 4.69) is 20.9 Å². The number of nitrogens with zero attached hydrogens (tertiary/aromatic N) is 2. The normalized spacial score (nSPS) is 12.7. The number of halogens is 2.